The lowest BCUT2D eigenvalue weighted by atomic mass is 10.1. The summed E-state index contributed by atoms with van der Waals surface area (Å²) in [6.07, 6.45) is 1.90. The number of amides is 2. The number of carbonyl (C=O) groups is 1. The third-order valence-electron chi connectivity index (χ3n) is 3.79. The number of hydrogen-bond acceptors (Lipinski definition) is 2. The number of rotatable bonds is 8. The van der Waals surface area contributed by atoms with Gasteiger partial charge in [-0.1, -0.05) is 44.2 Å². The highest BCUT2D eigenvalue weighted by atomic mass is 16.3. The predicted molar refractivity (Wildman–Crippen MR) is 100 cm³/mol. The summed E-state index contributed by atoms with van der Waals surface area (Å²) in [5.41, 5.74) is 0.937. The van der Waals surface area contributed by atoms with Crippen molar-refractivity contribution < 1.29 is 9.90 Å². The number of carbonyl (C=O) groups excluding carboxylic acids is 1. The molecule has 0 aromatic heterocycles. The minimum absolute atomic E-state index is 0.0955. The van der Waals surface area contributed by atoms with Crippen LogP contribution in [0.15, 0.2) is 30.3 Å². The Balaban J connectivity index is 2.56. The minimum Gasteiger partial charge on any atom is -0.391 e. The predicted octanol–water partition coefficient (Wildman–Crippen LogP) is 3.84. The Labute approximate surface area is 147 Å². The number of aliphatic hydroxyl groups is 1. The molecule has 4 heteroatoms. The Bertz CT molecular complexity index is 480. The van der Waals surface area contributed by atoms with Gasteiger partial charge in [0.2, 0.25) is 0 Å². The zero-order chi connectivity index (χ0) is 18.2. The molecule has 2 amide bonds. The Morgan fingerprint density at radius 2 is 1.79 bits per heavy atom. The van der Waals surface area contributed by atoms with Crippen LogP contribution in [0.1, 0.15) is 53.0 Å². The molecule has 1 rings (SSSR count). The first kappa shape index (κ1) is 20.5. The second-order valence-electron chi connectivity index (χ2n) is 7.99. The molecule has 24 heavy (non-hydrogen) atoms. The van der Waals surface area contributed by atoms with Gasteiger partial charge in [-0.25, -0.2) is 4.79 Å². The van der Waals surface area contributed by atoms with Crippen molar-refractivity contribution in [1.29, 1.82) is 0 Å². The van der Waals surface area contributed by atoms with Crippen LogP contribution in [0, 0.1) is 5.92 Å². The van der Waals surface area contributed by atoms with Gasteiger partial charge < -0.3 is 15.3 Å². The van der Waals surface area contributed by atoms with Gasteiger partial charge in [-0.3, -0.25) is 0 Å². The Morgan fingerprint density at radius 3 is 2.33 bits per heavy atom. The van der Waals surface area contributed by atoms with Crippen LogP contribution in [-0.2, 0) is 6.42 Å². The standard InChI is InChI=1S/C20H34N2O2/c1-16(2)13-14-22(19(24)21-20(3,4)5)15-18(23)12-11-17-9-7-6-8-10-17/h6-10,16,18,23H,11-15H2,1-5H3,(H,21,24). The molecule has 0 saturated heterocycles. The first-order chi connectivity index (χ1) is 11.2. The largest absolute Gasteiger partial charge is 0.391 e. The van der Waals surface area contributed by atoms with E-state index in [0.717, 1.165) is 12.8 Å². The Hall–Kier alpha value is -1.55. The lowest BCUT2D eigenvalue weighted by molar-refractivity contribution is 0.109. The van der Waals surface area contributed by atoms with Crippen molar-refractivity contribution >= 4 is 6.03 Å². The number of nitrogens with zero attached hydrogens (tertiary/aromatic N) is 1. The first-order valence-electron chi connectivity index (χ1n) is 8.96. The van der Waals surface area contributed by atoms with Crippen molar-refractivity contribution in [2.75, 3.05) is 13.1 Å². The van der Waals surface area contributed by atoms with Crippen LogP contribution in [0.4, 0.5) is 4.79 Å². The summed E-state index contributed by atoms with van der Waals surface area (Å²) in [6, 6.07) is 10.0. The molecule has 0 spiro atoms. The molecule has 1 aromatic carbocycles. The van der Waals surface area contributed by atoms with Crippen molar-refractivity contribution in [2.45, 2.75) is 65.5 Å². The third kappa shape index (κ3) is 8.92. The van der Waals surface area contributed by atoms with Gasteiger partial charge in [-0.15, -0.1) is 0 Å². The zero-order valence-corrected chi connectivity index (χ0v) is 15.9. The summed E-state index contributed by atoms with van der Waals surface area (Å²) < 4.78 is 0. The number of aliphatic hydroxyl groups excluding tert-OH is 1. The normalized spacial score (nSPS) is 13.0. The molecular weight excluding hydrogens is 300 g/mol. The molecule has 0 fully saturated rings. The van der Waals surface area contributed by atoms with Crippen LogP contribution in [0.5, 0.6) is 0 Å². The summed E-state index contributed by atoms with van der Waals surface area (Å²) in [4.78, 5) is 14.2. The minimum atomic E-state index is -0.511. The molecular formula is C20H34N2O2. The topological polar surface area (TPSA) is 52.6 Å². The van der Waals surface area contributed by atoms with Crippen LogP contribution in [-0.4, -0.2) is 40.8 Å². The monoisotopic (exact) mass is 334 g/mol. The molecule has 0 radical (unpaired) electrons. The SMILES string of the molecule is CC(C)CCN(CC(O)CCc1ccccc1)C(=O)NC(C)(C)C. The molecule has 0 aliphatic rings. The molecule has 1 aromatic rings. The van der Waals surface area contributed by atoms with Crippen molar-refractivity contribution in [3.63, 3.8) is 0 Å². The van der Waals surface area contributed by atoms with E-state index in [1.165, 1.54) is 5.56 Å². The highest BCUT2D eigenvalue weighted by Gasteiger charge is 2.22. The average molecular weight is 335 g/mol. The van der Waals surface area contributed by atoms with Gasteiger partial charge >= 0.3 is 6.03 Å². The molecule has 1 unspecified atom stereocenters. The van der Waals surface area contributed by atoms with Crippen molar-refractivity contribution in [2.24, 2.45) is 5.92 Å². The summed E-state index contributed by atoms with van der Waals surface area (Å²) in [5.74, 6) is 0.524. The van der Waals surface area contributed by atoms with Crippen LogP contribution >= 0.6 is 0 Å². The quantitative estimate of drug-likeness (QED) is 0.759. The lowest BCUT2D eigenvalue weighted by Crippen LogP contribution is -2.50. The maximum Gasteiger partial charge on any atom is 0.317 e. The zero-order valence-electron chi connectivity index (χ0n) is 15.9. The van der Waals surface area contributed by atoms with Crippen LogP contribution < -0.4 is 5.32 Å². The number of hydrogen-bond donors (Lipinski definition) is 2. The van der Waals surface area contributed by atoms with E-state index >= 15 is 0 Å². The van der Waals surface area contributed by atoms with Gasteiger partial charge in [0.1, 0.15) is 0 Å². The van der Waals surface area contributed by atoms with E-state index in [-0.39, 0.29) is 11.6 Å². The third-order valence-corrected chi connectivity index (χ3v) is 3.79. The van der Waals surface area contributed by atoms with Gasteiger partial charge in [-0.05, 0) is 51.5 Å². The average Bonchev–Trinajstić information content (AvgIpc) is 2.48. The van der Waals surface area contributed by atoms with Crippen LogP contribution in [0.3, 0.4) is 0 Å². The summed E-state index contributed by atoms with van der Waals surface area (Å²) in [5, 5.41) is 13.4. The maximum absolute atomic E-state index is 12.5. The number of nitrogens with one attached hydrogen (secondary N) is 1. The molecule has 136 valence electrons. The summed E-state index contributed by atoms with van der Waals surface area (Å²) in [6.45, 7) is 11.2. The second-order valence-corrected chi connectivity index (χ2v) is 7.99. The number of aryl methyl sites for hydroxylation is 1. The van der Waals surface area contributed by atoms with Gasteiger partial charge in [-0.2, -0.15) is 0 Å². The number of benzene rings is 1. The van der Waals surface area contributed by atoms with E-state index in [2.05, 4.69) is 31.3 Å². The smallest absolute Gasteiger partial charge is 0.317 e. The molecule has 0 heterocycles. The summed E-state index contributed by atoms with van der Waals surface area (Å²) in [7, 11) is 0. The van der Waals surface area contributed by atoms with Crippen LogP contribution in [0.2, 0.25) is 0 Å². The van der Waals surface area contributed by atoms with Gasteiger partial charge in [0.15, 0.2) is 0 Å². The van der Waals surface area contributed by atoms with Crippen LogP contribution in [0.25, 0.3) is 0 Å². The molecule has 1 atom stereocenters. The molecule has 0 saturated carbocycles. The molecule has 4 nitrogen and oxygen atoms in total. The highest BCUT2D eigenvalue weighted by molar-refractivity contribution is 5.75. The van der Waals surface area contributed by atoms with E-state index < -0.39 is 6.10 Å². The van der Waals surface area contributed by atoms with E-state index in [0.29, 0.717) is 25.4 Å². The fourth-order valence-electron chi connectivity index (χ4n) is 2.41. The van der Waals surface area contributed by atoms with Gasteiger partial charge in [0.25, 0.3) is 0 Å². The summed E-state index contributed by atoms with van der Waals surface area (Å²) >= 11 is 0. The molecule has 2 N–H and O–H groups in total. The van der Waals surface area contributed by atoms with E-state index in [4.69, 9.17) is 0 Å². The fourth-order valence-corrected chi connectivity index (χ4v) is 2.41. The van der Waals surface area contributed by atoms with Crippen molar-refractivity contribution in [1.82, 2.24) is 10.2 Å². The molecule has 0 aliphatic carbocycles. The fraction of sp³-hybridized carbons (Fsp3) is 0.650. The van der Waals surface area contributed by atoms with Crippen molar-refractivity contribution in [3.05, 3.63) is 35.9 Å². The second kappa shape index (κ2) is 9.67. The Kier molecular flexibility index (Phi) is 8.26. The first-order valence-corrected chi connectivity index (χ1v) is 8.96. The highest BCUT2D eigenvalue weighted by Crippen LogP contribution is 2.10. The lowest BCUT2D eigenvalue weighted by Gasteiger charge is -2.30. The van der Waals surface area contributed by atoms with E-state index in [9.17, 15) is 9.90 Å². The molecule has 0 aliphatic heterocycles. The van der Waals surface area contributed by atoms with Gasteiger partial charge in [0.05, 0.1) is 6.10 Å². The molecule has 0 bridgehead atoms. The van der Waals surface area contributed by atoms with E-state index in [1.54, 1.807) is 4.90 Å². The maximum atomic E-state index is 12.5. The van der Waals surface area contributed by atoms with Gasteiger partial charge in [0, 0.05) is 18.6 Å². The Morgan fingerprint density at radius 1 is 1.17 bits per heavy atom. The number of urea groups is 1. The van der Waals surface area contributed by atoms with Crippen molar-refractivity contribution in [3.8, 4) is 0 Å². The van der Waals surface area contributed by atoms with E-state index in [1.807, 2.05) is 39.0 Å².